The second-order valence-electron chi connectivity index (χ2n) is 10.1. The number of hydrogen-bond acceptors (Lipinski definition) is 3. The maximum Gasteiger partial charge on any atom is 0.158 e. The van der Waals surface area contributed by atoms with Crippen LogP contribution in [0.4, 0.5) is 0 Å². The third-order valence-electron chi connectivity index (χ3n) is 7.27. The molecular weight excluding hydrogens is 509 g/mol. The van der Waals surface area contributed by atoms with E-state index in [0.29, 0.717) is 30.1 Å². The molecule has 4 heteroatoms. The molecular formula is C36H34NO2P. The van der Waals surface area contributed by atoms with Gasteiger partial charge in [0.15, 0.2) is 5.78 Å². The fourth-order valence-corrected chi connectivity index (χ4v) is 7.81. The van der Waals surface area contributed by atoms with E-state index in [9.17, 15) is 9.36 Å². The van der Waals surface area contributed by atoms with E-state index < -0.39 is 13.2 Å². The van der Waals surface area contributed by atoms with Gasteiger partial charge in [0.05, 0.1) is 12.2 Å². The standard InChI is InChI=1S/C36H34NO2P/c38-36(29-40(39,33-22-12-4-13-23-33)34-24-14-5-15-25-34)35(26-30-16-6-1-7-17-30)37(27-31-18-8-2-9-19-31)28-32-20-10-3-11-21-32/h1-25,35H,26-29H2/t35-/m0/s1. The third kappa shape index (κ3) is 6.93. The number of carbonyl (C=O) groups is 1. The van der Waals surface area contributed by atoms with Crippen LogP contribution in [0.1, 0.15) is 16.7 Å². The van der Waals surface area contributed by atoms with Crippen molar-refractivity contribution in [1.29, 1.82) is 0 Å². The summed E-state index contributed by atoms with van der Waals surface area (Å²) in [6.07, 6.45) is 0.515. The molecule has 0 aliphatic carbocycles. The van der Waals surface area contributed by atoms with E-state index >= 15 is 0 Å². The first kappa shape index (κ1) is 27.5. The van der Waals surface area contributed by atoms with Crippen LogP contribution in [0.25, 0.3) is 0 Å². The largest absolute Gasteiger partial charge is 0.313 e. The van der Waals surface area contributed by atoms with Gasteiger partial charge in [0.2, 0.25) is 0 Å². The van der Waals surface area contributed by atoms with Crippen molar-refractivity contribution in [2.24, 2.45) is 0 Å². The molecule has 0 amide bonds. The van der Waals surface area contributed by atoms with Crippen LogP contribution < -0.4 is 10.6 Å². The fraction of sp³-hybridized carbons (Fsp3) is 0.139. The van der Waals surface area contributed by atoms with Crippen LogP contribution in [-0.4, -0.2) is 22.9 Å². The molecule has 5 rings (SSSR count). The number of ketones is 1. The maximum absolute atomic E-state index is 14.9. The average Bonchev–Trinajstić information content (AvgIpc) is 3.02. The molecule has 40 heavy (non-hydrogen) atoms. The lowest BCUT2D eigenvalue weighted by molar-refractivity contribution is -0.122. The summed E-state index contributed by atoms with van der Waals surface area (Å²) >= 11 is 0. The predicted octanol–water partition coefficient (Wildman–Crippen LogP) is 6.88. The zero-order valence-electron chi connectivity index (χ0n) is 22.6. The highest BCUT2D eigenvalue weighted by atomic mass is 31.2. The molecule has 0 N–H and O–H groups in total. The summed E-state index contributed by atoms with van der Waals surface area (Å²) in [5.41, 5.74) is 3.36. The van der Waals surface area contributed by atoms with Crippen molar-refractivity contribution in [1.82, 2.24) is 4.90 Å². The number of hydrogen-bond donors (Lipinski definition) is 0. The highest BCUT2D eigenvalue weighted by molar-refractivity contribution is 7.79. The molecule has 0 bridgehead atoms. The Balaban J connectivity index is 1.55. The summed E-state index contributed by atoms with van der Waals surface area (Å²) < 4.78 is 14.9. The molecule has 5 aromatic carbocycles. The molecule has 0 radical (unpaired) electrons. The lowest BCUT2D eigenvalue weighted by Crippen LogP contribution is -2.44. The van der Waals surface area contributed by atoms with Gasteiger partial charge >= 0.3 is 0 Å². The van der Waals surface area contributed by atoms with Crippen LogP contribution in [0.5, 0.6) is 0 Å². The topological polar surface area (TPSA) is 37.4 Å². The Bertz CT molecular complexity index is 1440. The van der Waals surface area contributed by atoms with E-state index in [-0.39, 0.29) is 11.9 Å². The Hall–Kier alpha value is -4.04. The molecule has 0 fully saturated rings. The van der Waals surface area contributed by atoms with Gasteiger partial charge in [0.25, 0.3) is 0 Å². The number of carbonyl (C=O) groups excluding carboxylic acids is 1. The minimum absolute atomic E-state index is 0.00763. The highest BCUT2D eigenvalue weighted by Crippen LogP contribution is 2.43. The SMILES string of the molecule is O=C(CP(=O)(c1ccccc1)c1ccccc1)[C@H](Cc1ccccc1)N(Cc1ccccc1)Cc1ccccc1. The average molecular weight is 544 g/mol. The van der Waals surface area contributed by atoms with Crippen molar-refractivity contribution in [3.05, 3.63) is 168 Å². The molecule has 0 spiro atoms. The maximum atomic E-state index is 14.9. The summed E-state index contributed by atoms with van der Waals surface area (Å²) in [6.45, 7) is 1.22. The normalized spacial score (nSPS) is 12.2. The Labute approximate surface area is 237 Å². The summed E-state index contributed by atoms with van der Waals surface area (Å²) in [7, 11) is -3.22. The molecule has 3 nitrogen and oxygen atoms in total. The lowest BCUT2D eigenvalue weighted by atomic mass is 9.99. The second-order valence-corrected chi connectivity index (χ2v) is 12.9. The predicted molar refractivity (Wildman–Crippen MR) is 166 cm³/mol. The van der Waals surface area contributed by atoms with Gasteiger partial charge in [-0.05, 0) is 23.1 Å². The van der Waals surface area contributed by atoms with Gasteiger partial charge in [-0.2, -0.15) is 0 Å². The van der Waals surface area contributed by atoms with E-state index in [2.05, 4.69) is 41.3 Å². The minimum atomic E-state index is -3.22. The number of nitrogens with zero attached hydrogens (tertiary/aromatic N) is 1. The van der Waals surface area contributed by atoms with Gasteiger partial charge in [0.1, 0.15) is 7.14 Å². The van der Waals surface area contributed by atoms with Crippen LogP contribution >= 0.6 is 7.14 Å². The van der Waals surface area contributed by atoms with Crippen molar-refractivity contribution in [3.63, 3.8) is 0 Å². The molecule has 0 aromatic heterocycles. The minimum Gasteiger partial charge on any atom is -0.313 e. The van der Waals surface area contributed by atoms with Gasteiger partial charge < -0.3 is 4.57 Å². The molecule has 5 aromatic rings. The Kier molecular flexibility index (Phi) is 9.18. The van der Waals surface area contributed by atoms with Gasteiger partial charge in [0, 0.05) is 23.7 Å². The van der Waals surface area contributed by atoms with Crippen molar-refractivity contribution in [2.45, 2.75) is 25.6 Å². The van der Waals surface area contributed by atoms with E-state index in [0.717, 1.165) is 16.7 Å². The van der Waals surface area contributed by atoms with E-state index in [1.165, 1.54) is 0 Å². The molecule has 0 aliphatic heterocycles. The van der Waals surface area contributed by atoms with Crippen molar-refractivity contribution in [3.8, 4) is 0 Å². The van der Waals surface area contributed by atoms with Gasteiger partial charge in [-0.3, -0.25) is 9.69 Å². The van der Waals surface area contributed by atoms with Crippen molar-refractivity contribution < 1.29 is 9.36 Å². The number of Topliss-reactive ketones (excluding diaryl/α,β-unsaturated/α-hetero) is 1. The first-order valence-electron chi connectivity index (χ1n) is 13.7. The first-order valence-corrected chi connectivity index (χ1v) is 15.6. The quantitative estimate of drug-likeness (QED) is 0.161. The molecule has 0 unspecified atom stereocenters. The summed E-state index contributed by atoms with van der Waals surface area (Å²) in [5.74, 6) is -0.00763. The van der Waals surface area contributed by atoms with Gasteiger partial charge in [-0.1, -0.05) is 152 Å². The molecule has 200 valence electrons. The molecule has 0 saturated heterocycles. The molecule has 0 saturated carbocycles. The fourth-order valence-electron chi connectivity index (χ4n) is 5.19. The smallest absolute Gasteiger partial charge is 0.158 e. The van der Waals surface area contributed by atoms with Crippen LogP contribution in [0.15, 0.2) is 152 Å². The van der Waals surface area contributed by atoms with Crippen LogP contribution in [0, 0.1) is 0 Å². The Morgan fingerprint density at radius 3 is 1.27 bits per heavy atom. The summed E-state index contributed by atoms with van der Waals surface area (Å²) in [6, 6.07) is 49.2. The van der Waals surface area contributed by atoms with E-state index in [1.807, 2.05) is 115 Å². The zero-order valence-corrected chi connectivity index (χ0v) is 23.4. The Morgan fingerprint density at radius 2 is 0.875 bits per heavy atom. The first-order chi connectivity index (χ1) is 19.6. The van der Waals surface area contributed by atoms with Gasteiger partial charge in [-0.15, -0.1) is 0 Å². The van der Waals surface area contributed by atoms with Gasteiger partial charge in [-0.25, -0.2) is 0 Å². The Morgan fingerprint density at radius 1 is 0.525 bits per heavy atom. The van der Waals surface area contributed by atoms with Crippen molar-refractivity contribution >= 4 is 23.5 Å². The van der Waals surface area contributed by atoms with E-state index in [4.69, 9.17) is 0 Å². The third-order valence-corrected chi connectivity index (χ3v) is 10.3. The van der Waals surface area contributed by atoms with Crippen LogP contribution in [-0.2, 0) is 28.9 Å². The van der Waals surface area contributed by atoms with Crippen molar-refractivity contribution in [2.75, 3.05) is 6.16 Å². The second kappa shape index (κ2) is 13.3. The lowest BCUT2D eigenvalue weighted by Gasteiger charge is -2.32. The van der Waals surface area contributed by atoms with Crippen LogP contribution in [0.3, 0.4) is 0 Å². The number of rotatable bonds is 12. The molecule has 0 heterocycles. The van der Waals surface area contributed by atoms with E-state index in [1.54, 1.807) is 0 Å². The number of benzene rings is 5. The summed E-state index contributed by atoms with van der Waals surface area (Å²) in [4.78, 5) is 16.8. The van der Waals surface area contributed by atoms with Crippen LogP contribution in [0.2, 0.25) is 0 Å². The molecule has 0 aliphatic rings. The monoisotopic (exact) mass is 543 g/mol. The zero-order chi connectivity index (χ0) is 27.6. The molecule has 1 atom stereocenters. The highest BCUT2D eigenvalue weighted by Gasteiger charge is 2.35. The summed E-state index contributed by atoms with van der Waals surface area (Å²) in [5, 5.41) is 1.43.